The van der Waals surface area contributed by atoms with Gasteiger partial charge in [-0.2, -0.15) is 0 Å². The van der Waals surface area contributed by atoms with E-state index in [-0.39, 0.29) is 0 Å². The Bertz CT molecular complexity index is 668. The molecule has 0 amide bonds. The standard InChI is InChI=1S/C17H20N2O2S/c1-12-16(22-11-18-12)10-19-7-3-6-15(9-19)13-4-2-5-14(8-13)17(20)21/h2,4-5,8,11,15H,3,6-7,9-10H2,1H3,(H,20,21)/t15-/m1/s1. The Kier molecular flexibility index (Phi) is 4.55. The lowest BCUT2D eigenvalue weighted by Gasteiger charge is -2.32. The summed E-state index contributed by atoms with van der Waals surface area (Å²) >= 11 is 1.72. The molecule has 5 heteroatoms. The quantitative estimate of drug-likeness (QED) is 0.937. The fourth-order valence-corrected chi connectivity index (χ4v) is 3.90. The van der Waals surface area contributed by atoms with Gasteiger partial charge >= 0.3 is 5.97 Å². The molecule has 1 saturated heterocycles. The minimum absolute atomic E-state index is 0.382. The summed E-state index contributed by atoms with van der Waals surface area (Å²) in [7, 11) is 0. The molecular formula is C17H20N2O2S. The van der Waals surface area contributed by atoms with Gasteiger partial charge in [-0.05, 0) is 49.9 Å². The topological polar surface area (TPSA) is 53.4 Å². The molecule has 1 aromatic heterocycles. The number of benzene rings is 1. The molecule has 1 aliphatic heterocycles. The zero-order chi connectivity index (χ0) is 15.5. The first kappa shape index (κ1) is 15.2. The van der Waals surface area contributed by atoms with Gasteiger partial charge in [0.1, 0.15) is 0 Å². The van der Waals surface area contributed by atoms with Gasteiger partial charge in [-0.3, -0.25) is 4.90 Å². The van der Waals surface area contributed by atoms with Crippen molar-refractivity contribution in [2.24, 2.45) is 0 Å². The average molecular weight is 316 g/mol. The van der Waals surface area contributed by atoms with Gasteiger partial charge in [-0.1, -0.05) is 12.1 Å². The molecule has 0 radical (unpaired) electrons. The minimum atomic E-state index is -0.852. The molecule has 0 saturated carbocycles. The fraction of sp³-hybridized carbons (Fsp3) is 0.412. The summed E-state index contributed by atoms with van der Waals surface area (Å²) in [5.41, 5.74) is 4.56. The van der Waals surface area contributed by atoms with E-state index in [2.05, 4.69) is 22.9 Å². The molecule has 1 atom stereocenters. The van der Waals surface area contributed by atoms with Crippen LogP contribution in [0.2, 0.25) is 0 Å². The number of carboxylic acid groups (broad SMARTS) is 1. The van der Waals surface area contributed by atoms with Gasteiger partial charge < -0.3 is 5.11 Å². The van der Waals surface area contributed by atoms with Crippen LogP contribution in [0.3, 0.4) is 0 Å². The highest BCUT2D eigenvalue weighted by Crippen LogP contribution is 2.29. The highest BCUT2D eigenvalue weighted by atomic mass is 32.1. The Hall–Kier alpha value is -1.72. The van der Waals surface area contributed by atoms with Gasteiger partial charge in [0.2, 0.25) is 0 Å². The molecule has 22 heavy (non-hydrogen) atoms. The van der Waals surface area contributed by atoms with E-state index < -0.39 is 5.97 Å². The van der Waals surface area contributed by atoms with Crippen LogP contribution in [0.25, 0.3) is 0 Å². The molecular weight excluding hydrogens is 296 g/mol. The summed E-state index contributed by atoms with van der Waals surface area (Å²) in [4.78, 5) is 19.2. The van der Waals surface area contributed by atoms with Gasteiger partial charge in [0, 0.05) is 18.0 Å². The van der Waals surface area contributed by atoms with Crippen LogP contribution in [0.1, 0.15) is 45.3 Å². The van der Waals surface area contributed by atoms with Crippen molar-refractivity contribution < 1.29 is 9.90 Å². The molecule has 2 aromatic rings. The van der Waals surface area contributed by atoms with Crippen molar-refractivity contribution >= 4 is 17.3 Å². The smallest absolute Gasteiger partial charge is 0.335 e. The summed E-state index contributed by atoms with van der Waals surface area (Å²) in [5, 5.41) is 9.15. The lowest BCUT2D eigenvalue weighted by atomic mass is 9.89. The lowest BCUT2D eigenvalue weighted by Crippen LogP contribution is -2.33. The third-order valence-electron chi connectivity index (χ3n) is 4.32. The molecule has 0 bridgehead atoms. The highest BCUT2D eigenvalue weighted by molar-refractivity contribution is 7.09. The number of thiazole rings is 1. The van der Waals surface area contributed by atoms with Gasteiger partial charge in [-0.25, -0.2) is 9.78 Å². The van der Waals surface area contributed by atoms with Crippen LogP contribution >= 0.6 is 11.3 Å². The maximum Gasteiger partial charge on any atom is 0.335 e. The third kappa shape index (κ3) is 3.36. The number of likely N-dealkylation sites (tertiary alicyclic amines) is 1. The number of aromatic carboxylic acids is 1. The van der Waals surface area contributed by atoms with E-state index in [9.17, 15) is 4.79 Å². The number of aromatic nitrogens is 1. The number of carbonyl (C=O) groups is 1. The minimum Gasteiger partial charge on any atom is -0.478 e. The first-order chi connectivity index (χ1) is 10.6. The maximum absolute atomic E-state index is 11.1. The first-order valence-electron chi connectivity index (χ1n) is 7.58. The molecule has 1 fully saturated rings. The number of nitrogens with zero attached hydrogens (tertiary/aromatic N) is 2. The number of aryl methyl sites for hydroxylation is 1. The molecule has 0 unspecified atom stereocenters. The maximum atomic E-state index is 11.1. The summed E-state index contributed by atoms with van der Waals surface area (Å²) in [6.07, 6.45) is 2.28. The van der Waals surface area contributed by atoms with E-state index in [4.69, 9.17) is 5.11 Å². The normalized spacial score (nSPS) is 19.2. The highest BCUT2D eigenvalue weighted by Gasteiger charge is 2.22. The molecule has 4 nitrogen and oxygen atoms in total. The van der Waals surface area contributed by atoms with Crippen molar-refractivity contribution in [2.75, 3.05) is 13.1 Å². The number of hydrogen-bond donors (Lipinski definition) is 1. The lowest BCUT2D eigenvalue weighted by molar-refractivity contribution is 0.0696. The first-order valence-corrected chi connectivity index (χ1v) is 8.46. The Morgan fingerprint density at radius 1 is 1.50 bits per heavy atom. The van der Waals surface area contributed by atoms with Crippen molar-refractivity contribution in [3.8, 4) is 0 Å². The van der Waals surface area contributed by atoms with Crippen molar-refractivity contribution in [2.45, 2.75) is 32.2 Å². The van der Waals surface area contributed by atoms with Gasteiger partial charge in [-0.15, -0.1) is 11.3 Å². The number of rotatable bonds is 4. The van der Waals surface area contributed by atoms with Gasteiger partial charge in [0.15, 0.2) is 0 Å². The Morgan fingerprint density at radius 3 is 3.09 bits per heavy atom. The van der Waals surface area contributed by atoms with E-state index in [1.54, 1.807) is 17.4 Å². The Morgan fingerprint density at radius 2 is 2.36 bits per heavy atom. The van der Waals surface area contributed by atoms with Crippen molar-refractivity contribution in [3.63, 3.8) is 0 Å². The monoisotopic (exact) mass is 316 g/mol. The van der Waals surface area contributed by atoms with E-state index >= 15 is 0 Å². The molecule has 3 rings (SSSR count). The van der Waals surface area contributed by atoms with Crippen molar-refractivity contribution in [1.82, 2.24) is 9.88 Å². The van der Waals surface area contributed by atoms with Crippen LogP contribution in [-0.2, 0) is 6.54 Å². The van der Waals surface area contributed by atoms with Crippen molar-refractivity contribution in [1.29, 1.82) is 0 Å². The Balaban J connectivity index is 1.71. The van der Waals surface area contributed by atoms with Crippen LogP contribution in [0.5, 0.6) is 0 Å². The second-order valence-electron chi connectivity index (χ2n) is 5.87. The zero-order valence-corrected chi connectivity index (χ0v) is 13.5. The number of carboxylic acids is 1. The molecule has 1 aromatic carbocycles. The van der Waals surface area contributed by atoms with E-state index in [0.717, 1.165) is 43.7 Å². The van der Waals surface area contributed by atoms with E-state index in [1.165, 1.54) is 4.88 Å². The zero-order valence-electron chi connectivity index (χ0n) is 12.7. The summed E-state index contributed by atoms with van der Waals surface area (Å²) in [6, 6.07) is 7.39. The van der Waals surface area contributed by atoms with E-state index in [0.29, 0.717) is 11.5 Å². The average Bonchev–Trinajstić information content (AvgIpc) is 2.93. The predicted octanol–water partition coefficient (Wildman–Crippen LogP) is 3.53. The Labute approximate surface area is 134 Å². The van der Waals surface area contributed by atoms with Crippen LogP contribution in [-0.4, -0.2) is 34.0 Å². The predicted molar refractivity (Wildman–Crippen MR) is 87.5 cm³/mol. The molecule has 2 heterocycles. The fourth-order valence-electron chi connectivity index (χ4n) is 3.08. The van der Waals surface area contributed by atoms with Crippen LogP contribution in [0, 0.1) is 6.92 Å². The van der Waals surface area contributed by atoms with Crippen LogP contribution < -0.4 is 0 Å². The summed E-state index contributed by atoms with van der Waals surface area (Å²) in [6.45, 7) is 5.10. The van der Waals surface area contributed by atoms with Crippen LogP contribution in [0.15, 0.2) is 29.8 Å². The van der Waals surface area contributed by atoms with Crippen LogP contribution in [0.4, 0.5) is 0 Å². The summed E-state index contributed by atoms with van der Waals surface area (Å²) < 4.78 is 0. The molecule has 0 spiro atoms. The number of piperidine rings is 1. The van der Waals surface area contributed by atoms with Gasteiger partial charge in [0.05, 0.1) is 16.8 Å². The second-order valence-corrected chi connectivity index (χ2v) is 6.81. The second kappa shape index (κ2) is 6.58. The molecule has 116 valence electrons. The summed E-state index contributed by atoms with van der Waals surface area (Å²) in [5.74, 6) is -0.434. The largest absolute Gasteiger partial charge is 0.478 e. The molecule has 1 aliphatic rings. The number of hydrogen-bond acceptors (Lipinski definition) is 4. The van der Waals surface area contributed by atoms with Gasteiger partial charge in [0.25, 0.3) is 0 Å². The third-order valence-corrected chi connectivity index (χ3v) is 5.24. The SMILES string of the molecule is Cc1ncsc1CN1CCC[C@@H](c2cccc(C(=O)O)c2)C1. The van der Waals surface area contributed by atoms with E-state index in [1.807, 2.05) is 17.6 Å². The molecule has 1 N–H and O–H groups in total. The molecule has 0 aliphatic carbocycles. The van der Waals surface area contributed by atoms with Crippen molar-refractivity contribution in [3.05, 3.63) is 51.5 Å².